The maximum atomic E-state index is 13.6. The first-order chi connectivity index (χ1) is 19.8. The third-order valence-corrected chi connectivity index (χ3v) is 8.56. The zero-order valence-electron chi connectivity index (χ0n) is 23.9. The van der Waals surface area contributed by atoms with E-state index in [9.17, 15) is 4.79 Å². The highest BCUT2D eigenvalue weighted by Crippen LogP contribution is 2.36. The first kappa shape index (κ1) is 28.6. The van der Waals surface area contributed by atoms with Gasteiger partial charge in [0.15, 0.2) is 11.5 Å². The summed E-state index contributed by atoms with van der Waals surface area (Å²) in [5.41, 5.74) is 7.13. The Labute approximate surface area is 251 Å². The number of para-hydroxylation sites is 1. The molecular weight excluding hydrogens is 551 g/mol. The van der Waals surface area contributed by atoms with Crippen LogP contribution in [0.15, 0.2) is 77.8 Å². The van der Waals surface area contributed by atoms with Crippen molar-refractivity contribution in [1.29, 1.82) is 0 Å². The standard InChI is InChI=1S/C33H33N3O3S2/c1-21(2)24-13-11-22(3)27(18-24)31-25(20-36(34-31)26-9-7-6-8-10-26)19-30-32(37)35(33(40)41-30)16-15-23-12-14-28(38-4)29(17-23)39-5/h6-14,17-21H,15-16H2,1-5H3. The summed E-state index contributed by atoms with van der Waals surface area (Å²) in [4.78, 5) is 15.8. The molecule has 1 aliphatic heterocycles. The first-order valence-corrected chi connectivity index (χ1v) is 14.7. The molecule has 6 nitrogen and oxygen atoms in total. The predicted octanol–water partition coefficient (Wildman–Crippen LogP) is 7.43. The van der Waals surface area contributed by atoms with Crippen LogP contribution in [0.5, 0.6) is 11.5 Å². The topological polar surface area (TPSA) is 56.6 Å². The largest absolute Gasteiger partial charge is 0.493 e. The zero-order valence-corrected chi connectivity index (χ0v) is 25.5. The Bertz CT molecular complexity index is 1630. The van der Waals surface area contributed by atoms with Crippen LogP contribution in [-0.4, -0.2) is 45.7 Å². The fraction of sp³-hybridized carbons (Fsp3) is 0.242. The van der Waals surface area contributed by atoms with Crippen LogP contribution in [0.2, 0.25) is 0 Å². The van der Waals surface area contributed by atoms with Gasteiger partial charge in [-0.1, -0.05) is 74.2 Å². The first-order valence-electron chi connectivity index (χ1n) is 13.5. The molecule has 0 saturated carbocycles. The molecule has 1 aliphatic rings. The lowest BCUT2D eigenvalue weighted by molar-refractivity contribution is -0.122. The van der Waals surface area contributed by atoms with Crippen molar-refractivity contribution in [3.05, 3.63) is 100 Å². The number of methoxy groups -OCH3 is 2. The Morgan fingerprint density at radius 3 is 2.46 bits per heavy atom. The summed E-state index contributed by atoms with van der Waals surface area (Å²) in [5, 5.41) is 5.01. The van der Waals surface area contributed by atoms with Gasteiger partial charge in [0.05, 0.1) is 24.8 Å². The summed E-state index contributed by atoms with van der Waals surface area (Å²) < 4.78 is 13.2. The Morgan fingerprint density at radius 2 is 1.76 bits per heavy atom. The minimum atomic E-state index is -0.0912. The summed E-state index contributed by atoms with van der Waals surface area (Å²) in [7, 11) is 3.23. The number of benzene rings is 3. The van der Waals surface area contributed by atoms with Crippen LogP contribution >= 0.6 is 24.0 Å². The minimum absolute atomic E-state index is 0.0912. The molecule has 41 heavy (non-hydrogen) atoms. The molecule has 0 unspecified atom stereocenters. The van der Waals surface area contributed by atoms with Gasteiger partial charge in [-0.15, -0.1) is 0 Å². The average Bonchev–Trinajstić information content (AvgIpc) is 3.52. The average molecular weight is 584 g/mol. The maximum Gasteiger partial charge on any atom is 0.266 e. The number of hydrogen-bond donors (Lipinski definition) is 0. The van der Waals surface area contributed by atoms with E-state index in [1.54, 1.807) is 19.1 Å². The predicted molar refractivity (Wildman–Crippen MR) is 171 cm³/mol. The van der Waals surface area contributed by atoms with E-state index in [1.165, 1.54) is 17.3 Å². The lowest BCUT2D eigenvalue weighted by Gasteiger charge is -2.15. The Balaban J connectivity index is 1.47. The van der Waals surface area contributed by atoms with Gasteiger partial charge in [0.2, 0.25) is 0 Å². The molecule has 0 aliphatic carbocycles. The number of nitrogens with zero attached hydrogens (tertiary/aromatic N) is 3. The van der Waals surface area contributed by atoms with Crippen LogP contribution in [0.1, 0.15) is 42.0 Å². The van der Waals surface area contributed by atoms with E-state index in [0.29, 0.717) is 39.6 Å². The second kappa shape index (κ2) is 12.3. The van der Waals surface area contributed by atoms with Gasteiger partial charge in [-0.2, -0.15) is 5.10 Å². The number of hydrogen-bond acceptors (Lipinski definition) is 6. The Hall–Kier alpha value is -3.88. The number of thiocarbonyl (C=S) groups is 1. The number of aryl methyl sites for hydroxylation is 1. The van der Waals surface area contributed by atoms with Crippen molar-refractivity contribution in [3.63, 3.8) is 0 Å². The highest BCUT2D eigenvalue weighted by Gasteiger charge is 2.32. The van der Waals surface area contributed by atoms with Crippen LogP contribution in [0.25, 0.3) is 23.0 Å². The van der Waals surface area contributed by atoms with Crippen LogP contribution in [-0.2, 0) is 11.2 Å². The van der Waals surface area contributed by atoms with Crippen LogP contribution in [0.4, 0.5) is 0 Å². The maximum absolute atomic E-state index is 13.6. The highest BCUT2D eigenvalue weighted by atomic mass is 32.2. The molecule has 0 radical (unpaired) electrons. The summed E-state index contributed by atoms with van der Waals surface area (Å²) in [6, 6.07) is 22.3. The van der Waals surface area contributed by atoms with Gasteiger partial charge in [-0.25, -0.2) is 4.68 Å². The molecular formula is C33H33N3O3S2. The van der Waals surface area contributed by atoms with Crippen LogP contribution in [0, 0.1) is 6.92 Å². The van der Waals surface area contributed by atoms with Crippen molar-refractivity contribution in [2.45, 2.75) is 33.1 Å². The van der Waals surface area contributed by atoms with Crippen molar-refractivity contribution in [2.75, 3.05) is 20.8 Å². The van der Waals surface area contributed by atoms with Gasteiger partial charge in [0, 0.05) is 23.9 Å². The summed E-state index contributed by atoms with van der Waals surface area (Å²) >= 11 is 6.98. The molecule has 8 heteroatoms. The minimum Gasteiger partial charge on any atom is -0.493 e. The molecule has 1 amide bonds. The SMILES string of the molecule is COc1ccc(CCN2C(=O)C(=Cc3cn(-c4ccccc4)nc3-c3cc(C(C)C)ccc3C)SC2=S)cc1OC. The van der Waals surface area contributed by atoms with Crippen LogP contribution in [0.3, 0.4) is 0 Å². The van der Waals surface area contributed by atoms with E-state index < -0.39 is 0 Å². The Kier molecular flexibility index (Phi) is 8.61. The van der Waals surface area contributed by atoms with E-state index in [2.05, 4.69) is 39.0 Å². The number of thioether (sulfide) groups is 1. The van der Waals surface area contributed by atoms with Gasteiger partial charge in [0.25, 0.3) is 5.91 Å². The Morgan fingerprint density at radius 1 is 1.00 bits per heavy atom. The molecule has 0 N–H and O–H groups in total. The number of carbonyl (C=O) groups is 1. The third kappa shape index (κ3) is 6.09. The number of ether oxygens (including phenoxy) is 2. The van der Waals surface area contributed by atoms with Crippen molar-refractivity contribution in [2.24, 2.45) is 0 Å². The molecule has 0 bridgehead atoms. The summed E-state index contributed by atoms with van der Waals surface area (Å²) in [6.45, 7) is 6.94. The fourth-order valence-corrected chi connectivity index (χ4v) is 6.08. The molecule has 0 atom stereocenters. The molecule has 1 fully saturated rings. The van der Waals surface area contributed by atoms with Gasteiger partial charge in [-0.05, 0) is 72.4 Å². The summed E-state index contributed by atoms with van der Waals surface area (Å²) in [5.74, 6) is 1.63. The number of carbonyl (C=O) groups excluding carboxylic acids is 1. The number of aromatic nitrogens is 2. The second-order valence-corrected chi connectivity index (χ2v) is 11.9. The number of rotatable bonds is 9. The van der Waals surface area contributed by atoms with Crippen molar-refractivity contribution in [3.8, 4) is 28.4 Å². The monoisotopic (exact) mass is 583 g/mol. The molecule has 210 valence electrons. The number of amides is 1. The van der Waals surface area contributed by atoms with Gasteiger partial charge < -0.3 is 9.47 Å². The fourth-order valence-electron chi connectivity index (χ4n) is 4.78. The van der Waals surface area contributed by atoms with Gasteiger partial charge >= 0.3 is 0 Å². The van der Waals surface area contributed by atoms with Crippen LogP contribution < -0.4 is 9.47 Å². The van der Waals surface area contributed by atoms with E-state index in [4.69, 9.17) is 26.8 Å². The smallest absolute Gasteiger partial charge is 0.266 e. The lowest BCUT2D eigenvalue weighted by Crippen LogP contribution is -2.30. The van der Waals surface area contributed by atoms with Gasteiger partial charge in [0.1, 0.15) is 10.0 Å². The quantitative estimate of drug-likeness (QED) is 0.151. The highest BCUT2D eigenvalue weighted by molar-refractivity contribution is 8.26. The van der Waals surface area contributed by atoms with Gasteiger partial charge in [-0.3, -0.25) is 9.69 Å². The van der Waals surface area contributed by atoms with E-state index in [-0.39, 0.29) is 5.91 Å². The molecule has 3 aromatic carbocycles. The lowest BCUT2D eigenvalue weighted by atomic mass is 9.95. The molecule has 2 heterocycles. The summed E-state index contributed by atoms with van der Waals surface area (Å²) in [6.07, 6.45) is 4.56. The van der Waals surface area contributed by atoms with Crippen molar-refractivity contribution < 1.29 is 14.3 Å². The normalized spacial score (nSPS) is 14.4. The third-order valence-electron chi connectivity index (χ3n) is 7.18. The van der Waals surface area contributed by atoms with Crippen molar-refractivity contribution >= 4 is 40.3 Å². The molecule has 0 spiro atoms. The molecule has 4 aromatic rings. The van der Waals surface area contributed by atoms with E-state index in [1.807, 2.05) is 65.5 Å². The van der Waals surface area contributed by atoms with E-state index >= 15 is 0 Å². The molecule has 1 saturated heterocycles. The second-order valence-electron chi connectivity index (χ2n) is 10.2. The molecule has 5 rings (SSSR count). The zero-order chi connectivity index (χ0) is 29.1. The van der Waals surface area contributed by atoms with Crippen molar-refractivity contribution in [1.82, 2.24) is 14.7 Å². The molecule has 1 aromatic heterocycles. The van der Waals surface area contributed by atoms with E-state index in [0.717, 1.165) is 33.6 Å².